The lowest BCUT2D eigenvalue weighted by Crippen LogP contribution is -2.20. The Labute approximate surface area is 113 Å². The maximum Gasteiger partial charge on any atom is 0.330 e. The molecule has 0 unspecified atom stereocenters. The van der Waals surface area contributed by atoms with Crippen LogP contribution in [0.4, 0.5) is 0 Å². The lowest BCUT2D eigenvalue weighted by molar-refractivity contribution is -0.137. The molecule has 0 saturated heterocycles. The van der Waals surface area contributed by atoms with Crippen molar-refractivity contribution in [3.05, 3.63) is 46.5 Å². The van der Waals surface area contributed by atoms with E-state index in [2.05, 4.69) is 5.32 Å². The average molecular weight is 268 g/mol. The monoisotopic (exact) mass is 267 g/mol. The number of ether oxygens (including phenoxy) is 1. The minimum Gasteiger partial charge on any atom is -0.461 e. The highest BCUT2D eigenvalue weighted by Crippen LogP contribution is 2.08. The van der Waals surface area contributed by atoms with Gasteiger partial charge in [0.25, 0.3) is 0 Å². The number of benzene rings is 1. The van der Waals surface area contributed by atoms with Gasteiger partial charge in [-0.1, -0.05) is 29.3 Å². The van der Waals surface area contributed by atoms with Crippen LogP contribution in [0, 0.1) is 0 Å². The minimum absolute atomic E-state index is 0.289. The van der Waals surface area contributed by atoms with Crippen molar-refractivity contribution in [2.75, 3.05) is 13.2 Å². The van der Waals surface area contributed by atoms with Crippen LogP contribution < -0.4 is 5.32 Å². The van der Waals surface area contributed by atoms with Crippen molar-refractivity contribution in [3.8, 4) is 0 Å². The Morgan fingerprint density at radius 3 is 2.61 bits per heavy atom. The molecule has 0 radical (unpaired) electrons. The molecule has 0 bridgehead atoms. The molecule has 0 aliphatic heterocycles. The molecule has 0 heterocycles. The first-order valence-electron chi connectivity index (χ1n) is 5.85. The van der Waals surface area contributed by atoms with Gasteiger partial charge in [0.1, 0.15) is 6.61 Å². The SMILES string of the molecule is CC(C)=CC(=O)OCCNCc1ccc(Cl)cc1. The zero-order chi connectivity index (χ0) is 13.4. The number of hydrogen-bond donors (Lipinski definition) is 1. The van der Waals surface area contributed by atoms with Crippen LogP contribution in [-0.4, -0.2) is 19.1 Å². The molecule has 0 atom stereocenters. The normalized spacial score (nSPS) is 9.94. The van der Waals surface area contributed by atoms with E-state index in [1.165, 1.54) is 6.08 Å². The van der Waals surface area contributed by atoms with Crippen molar-refractivity contribution in [1.29, 1.82) is 0 Å². The molecule has 3 nitrogen and oxygen atoms in total. The third-order valence-corrected chi connectivity index (χ3v) is 2.42. The van der Waals surface area contributed by atoms with Crippen LogP contribution in [0.2, 0.25) is 5.02 Å². The largest absolute Gasteiger partial charge is 0.461 e. The van der Waals surface area contributed by atoms with Crippen molar-refractivity contribution in [2.24, 2.45) is 0 Å². The lowest BCUT2D eigenvalue weighted by Gasteiger charge is -2.05. The number of esters is 1. The topological polar surface area (TPSA) is 38.3 Å². The van der Waals surface area contributed by atoms with Gasteiger partial charge in [-0.25, -0.2) is 4.79 Å². The zero-order valence-electron chi connectivity index (χ0n) is 10.7. The van der Waals surface area contributed by atoms with Crippen molar-refractivity contribution in [1.82, 2.24) is 5.32 Å². The Kier molecular flexibility index (Phi) is 6.47. The van der Waals surface area contributed by atoms with E-state index in [1.54, 1.807) is 0 Å². The molecule has 0 aliphatic rings. The Hall–Kier alpha value is -1.32. The summed E-state index contributed by atoms with van der Waals surface area (Å²) < 4.78 is 5.01. The van der Waals surface area contributed by atoms with Crippen LogP contribution in [0.1, 0.15) is 19.4 Å². The first kappa shape index (κ1) is 14.7. The highest BCUT2D eigenvalue weighted by Gasteiger charge is 1.97. The van der Waals surface area contributed by atoms with Gasteiger partial charge in [-0.05, 0) is 31.5 Å². The highest BCUT2D eigenvalue weighted by atomic mass is 35.5. The number of carbonyl (C=O) groups excluding carboxylic acids is 1. The number of carbonyl (C=O) groups is 1. The van der Waals surface area contributed by atoms with Gasteiger partial charge >= 0.3 is 5.97 Å². The van der Waals surface area contributed by atoms with Crippen LogP contribution >= 0.6 is 11.6 Å². The van der Waals surface area contributed by atoms with E-state index >= 15 is 0 Å². The summed E-state index contributed by atoms with van der Waals surface area (Å²) in [6, 6.07) is 7.63. The molecule has 0 spiro atoms. The van der Waals surface area contributed by atoms with Gasteiger partial charge in [-0.2, -0.15) is 0 Å². The van der Waals surface area contributed by atoms with E-state index < -0.39 is 0 Å². The molecular formula is C14H18ClNO2. The maximum absolute atomic E-state index is 11.2. The molecule has 1 aromatic carbocycles. The second kappa shape index (κ2) is 7.90. The van der Waals surface area contributed by atoms with Gasteiger partial charge in [0.2, 0.25) is 0 Å². The van der Waals surface area contributed by atoms with E-state index in [0.717, 1.165) is 22.7 Å². The third-order valence-electron chi connectivity index (χ3n) is 2.17. The van der Waals surface area contributed by atoms with Crippen molar-refractivity contribution in [3.63, 3.8) is 0 Å². The predicted octanol–water partition coefficient (Wildman–Crippen LogP) is 2.94. The molecule has 1 aromatic rings. The highest BCUT2D eigenvalue weighted by molar-refractivity contribution is 6.30. The van der Waals surface area contributed by atoms with E-state index in [1.807, 2.05) is 38.1 Å². The van der Waals surface area contributed by atoms with Crippen molar-refractivity contribution < 1.29 is 9.53 Å². The molecule has 98 valence electrons. The average Bonchev–Trinajstić information content (AvgIpc) is 2.30. The number of nitrogens with one attached hydrogen (secondary N) is 1. The smallest absolute Gasteiger partial charge is 0.330 e. The predicted molar refractivity (Wildman–Crippen MR) is 73.5 cm³/mol. The lowest BCUT2D eigenvalue weighted by atomic mass is 10.2. The van der Waals surface area contributed by atoms with Gasteiger partial charge < -0.3 is 10.1 Å². The van der Waals surface area contributed by atoms with Crippen LogP contribution in [0.3, 0.4) is 0 Å². The fourth-order valence-electron chi connectivity index (χ4n) is 1.34. The summed E-state index contributed by atoms with van der Waals surface area (Å²) in [4.78, 5) is 11.2. The maximum atomic E-state index is 11.2. The quantitative estimate of drug-likeness (QED) is 0.489. The molecular weight excluding hydrogens is 250 g/mol. The van der Waals surface area contributed by atoms with Gasteiger partial charge in [0, 0.05) is 24.2 Å². The molecule has 0 aliphatic carbocycles. The molecule has 1 N–H and O–H groups in total. The van der Waals surface area contributed by atoms with Gasteiger partial charge in [0.15, 0.2) is 0 Å². The summed E-state index contributed by atoms with van der Waals surface area (Å²) in [5.41, 5.74) is 2.09. The summed E-state index contributed by atoms with van der Waals surface area (Å²) >= 11 is 5.79. The molecule has 0 saturated carbocycles. The minimum atomic E-state index is -0.289. The third kappa shape index (κ3) is 6.42. The summed E-state index contributed by atoms with van der Waals surface area (Å²) in [5.74, 6) is -0.289. The molecule has 0 aromatic heterocycles. The van der Waals surface area contributed by atoms with Crippen molar-refractivity contribution >= 4 is 17.6 Å². The molecule has 4 heteroatoms. The second-order valence-corrected chi connectivity index (χ2v) is 4.63. The van der Waals surface area contributed by atoms with Crippen LogP contribution in [0.5, 0.6) is 0 Å². The zero-order valence-corrected chi connectivity index (χ0v) is 11.5. The van der Waals surface area contributed by atoms with E-state index in [-0.39, 0.29) is 5.97 Å². The van der Waals surface area contributed by atoms with Crippen molar-refractivity contribution in [2.45, 2.75) is 20.4 Å². The first-order chi connectivity index (χ1) is 8.58. The number of rotatable bonds is 6. The summed E-state index contributed by atoms with van der Waals surface area (Å²) in [7, 11) is 0. The van der Waals surface area contributed by atoms with Gasteiger partial charge in [-0.3, -0.25) is 0 Å². The summed E-state index contributed by atoms with van der Waals surface area (Å²) in [6.07, 6.45) is 1.49. The van der Waals surface area contributed by atoms with Gasteiger partial charge in [-0.15, -0.1) is 0 Å². The Morgan fingerprint density at radius 2 is 2.00 bits per heavy atom. The Morgan fingerprint density at radius 1 is 1.33 bits per heavy atom. The van der Waals surface area contributed by atoms with E-state index in [9.17, 15) is 4.79 Å². The fraction of sp³-hybridized carbons (Fsp3) is 0.357. The summed E-state index contributed by atoms with van der Waals surface area (Å²) in [6.45, 7) is 5.46. The standard InChI is InChI=1S/C14H18ClNO2/c1-11(2)9-14(17)18-8-7-16-10-12-3-5-13(15)6-4-12/h3-6,9,16H,7-8,10H2,1-2H3. The first-order valence-corrected chi connectivity index (χ1v) is 6.22. The van der Waals surface area contributed by atoms with Crippen LogP contribution in [-0.2, 0) is 16.1 Å². The Balaban J connectivity index is 2.14. The number of halogens is 1. The van der Waals surface area contributed by atoms with Gasteiger partial charge in [0.05, 0.1) is 0 Å². The number of allylic oxidation sites excluding steroid dienone is 1. The second-order valence-electron chi connectivity index (χ2n) is 4.19. The molecule has 0 fully saturated rings. The Bertz CT molecular complexity index is 408. The van der Waals surface area contributed by atoms with E-state index in [0.29, 0.717) is 13.2 Å². The fourth-order valence-corrected chi connectivity index (χ4v) is 1.46. The number of hydrogen-bond acceptors (Lipinski definition) is 3. The van der Waals surface area contributed by atoms with Crippen LogP contribution in [0.15, 0.2) is 35.9 Å². The molecule has 0 amide bonds. The summed E-state index contributed by atoms with van der Waals surface area (Å²) in [5, 5.41) is 3.92. The van der Waals surface area contributed by atoms with E-state index in [4.69, 9.17) is 16.3 Å². The molecule has 18 heavy (non-hydrogen) atoms. The van der Waals surface area contributed by atoms with Crippen LogP contribution in [0.25, 0.3) is 0 Å². The molecule has 1 rings (SSSR count).